The zero-order valence-electron chi connectivity index (χ0n) is 35.0. The molecule has 0 aliphatic carbocycles. The van der Waals surface area contributed by atoms with E-state index in [-0.39, 0.29) is 12.5 Å². The summed E-state index contributed by atoms with van der Waals surface area (Å²) in [5.74, 6) is -0.156. The average molecular weight is 734 g/mol. The van der Waals surface area contributed by atoms with E-state index in [0.717, 1.165) is 38.5 Å². The van der Waals surface area contributed by atoms with Gasteiger partial charge in [-0.1, -0.05) is 199 Å². The van der Waals surface area contributed by atoms with E-state index in [9.17, 15) is 20.1 Å². The maximum Gasteiger partial charge on any atom is 0.220 e. The van der Waals surface area contributed by atoms with E-state index in [1.54, 1.807) is 0 Å². The standard InChI is InChI=1S/C47H91NO4/c1-3-5-7-9-11-13-15-17-19-20-21-22-23-24-25-26-27-28-30-32-34-36-38-40-42-46(51)48-44(43-49)47(52)45(50)41-39-37-35-33-31-29-18-16-14-12-10-8-6-4-2/h24-25,33,35,44-45,47,49-50,52H,3-23,26-32,34,36-43H2,1-2H3,(H,48,51)/b25-24-,35-33+. The lowest BCUT2D eigenvalue weighted by Gasteiger charge is -2.26. The molecule has 3 unspecified atom stereocenters. The van der Waals surface area contributed by atoms with Crippen LogP contribution in [0.15, 0.2) is 24.3 Å². The van der Waals surface area contributed by atoms with Crippen molar-refractivity contribution in [3.63, 3.8) is 0 Å². The van der Waals surface area contributed by atoms with Gasteiger partial charge in [0.2, 0.25) is 5.91 Å². The van der Waals surface area contributed by atoms with Gasteiger partial charge in [-0.05, 0) is 64.2 Å². The van der Waals surface area contributed by atoms with Gasteiger partial charge in [0.1, 0.15) is 6.10 Å². The highest BCUT2D eigenvalue weighted by Gasteiger charge is 2.26. The molecule has 0 aromatic heterocycles. The van der Waals surface area contributed by atoms with E-state index in [1.165, 1.54) is 180 Å². The van der Waals surface area contributed by atoms with E-state index in [4.69, 9.17) is 0 Å². The Morgan fingerprint density at radius 2 is 0.769 bits per heavy atom. The second-order valence-corrected chi connectivity index (χ2v) is 16.0. The molecule has 0 heterocycles. The van der Waals surface area contributed by atoms with Gasteiger partial charge in [-0.3, -0.25) is 4.79 Å². The van der Waals surface area contributed by atoms with Gasteiger partial charge in [0.05, 0.1) is 18.8 Å². The molecular formula is C47H91NO4. The van der Waals surface area contributed by atoms with Crippen molar-refractivity contribution in [2.45, 2.75) is 263 Å². The molecule has 0 radical (unpaired) electrons. The third kappa shape index (κ3) is 37.2. The Bertz CT molecular complexity index is 768. The molecule has 0 aliphatic heterocycles. The molecule has 0 saturated heterocycles. The van der Waals surface area contributed by atoms with E-state index in [2.05, 4.69) is 43.5 Å². The van der Waals surface area contributed by atoms with Crippen molar-refractivity contribution < 1.29 is 20.1 Å². The Morgan fingerprint density at radius 1 is 0.462 bits per heavy atom. The number of carbonyl (C=O) groups is 1. The van der Waals surface area contributed by atoms with Gasteiger partial charge >= 0.3 is 0 Å². The number of allylic oxidation sites excluding steroid dienone is 4. The molecule has 1 amide bonds. The molecule has 0 aliphatic rings. The van der Waals surface area contributed by atoms with Crippen LogP contribution in [0.2, 0.25) is 0 Å². The first kappa shape index (κ1) is 50.8. The first-order chi connectivity index (χ1) is 25.6. The topological polar surface area (TPSA) is 89.8 Å². The van der Waals surface area contributed by atoms with Crippen molar-refractivity contribution in [3.05, 3.63) is 24.3 Å². The molecule has 308 valence electrons. The molecular weight excluding hydrogens is 643 g/mol. The molecule has 0 fully saturated rings. The highest BCUT2D eigenvalue weighted by atomic mass is 16.3. The maximum absolute atomic E-state index is 12.4. The number of aliphatic hydroxyl groups is 3. The van der Waals surface area contributed by atoms with Crippen LogP contribution < -0.4 is 5.32 Å². The van der Waals surface area contributed by atoms with Crippen molar-refractivity contribution in [2.24, 2.45) is 0 Å². The number of carbonyl (C=O) groups excluding carboxylic acids is 1. The normalized spacial score (nSPS) is 13.7. The van der Waals surface area contributed by atoms with Gasteiger partial charge in [0.25, 0.3) is 0 Å². The lowest BCUT2D eigenvalue weighted by atomic mass is 10.0. The number of nitrogens with one attached hydrogen (secondary N) is 1. The SMILES string of the molecule is CCCCCCCCCCC/C=C/CCCC(O)C(O)C(CO)NC(=O)CCCCCCCCCC/C=C\CCCCCCCCCCCCCC. The summed E-state index contributed by atoms with van der Waals surface area (Å²) >= 11 is 0. The fraction of sp³-hybridized carbons (Fsp3) is 0.894. The van der Waals surface area contributed by atoms with E-state index >= 15 is 0 Å². The second-order valence-electron chi connectivity index (χ2n) is 16.0. The van der Waals surface area contributed by atoms with E-state index < -0.39 is 18.2 Å². The van der Waals surface area contributed by atoms with Crippen LogP contribution in [0.5, 0.6) is 0 Å². The maximum atomic E-state index is 12.4. The number of rotatable bonds is 42. The fourth-order valence-corrected chi connectivity index (χ4v) is 7.16. The predicted molar refractivity (Wildman–Crippen MR) is 227 cm³/mol. The number of hydrogen-bond donors (Lipinski definition) is 4. The van der Waals surface area contributed by atoms with Gasteiger partial charge in [0, 0.05) is 6.42 Å². The van der Waals surface area contributed by atoms with Crippen LogP contribution in [-0.2, 0) is 4.79 Å². The van der Waals surface area contributed by atoms with E-state index in [1.807, 2.05) is 0 Å². The molecule has 5 nitrogen and oxygen atoms in total. The first-order valence-corrected chi connectivity index (χ1v) is 23.1. The summed E-state index contributed by atoms with van der Waals surface area (Å²) in [6.45, 7) is 4.17. The third-order valence-corrected chi connectivity index (χ3v) is 10.8. The molecule has 0 bridgehead atoms. The van der Waals surface area contributed by atoms with Crippen LogP contribution in [0.4, 0.5) is 0 Å². The monoisotopic (exact) mass is 734 g/mol. The van der Waals surface area contributed by atoms with Crippen molar-refractivity contribution >= 4 is 5.91 Å². The number of amides is 1. The Hall–Kier alpha value is -1.17. The lowest BCUT2D eigenvalue weighted by Crippen LogP contribution is -2.50. The van der Waals surface area contributed by atoms with Gasteiger partial charge in [-0.25, -0.2) is 0 Å². The molecule has 0 rings (SSSR count). The summed E-state index contributed by atoms with van der Waals surface area (Å²) in [5.41, 5.74) is 0. The summed E-state index contributed by atoms with van der Waals surface area (Å²) in [7, 11) is 0. The first-order valence-electron chi connectivity index (χ1n) is 23.1. The highest BCUT2D eigenvalue weighted by molar-refractivity contribution is 5.76. The summed E-state index contributed by atoms with van der Waals surface area (Å²) in [5, 5.41) is 33.5. The molecule has 5 heteroatoms. The molecule has 3 atom stereocenters. The quantitative estimate of drug-likeness (QED) is 0.0371. The molecule has 0 saturated carbocycles. The average Bonchev–Trinajstić information content (AvgIpc) is 3.15. The number of hydrogen-bond acceptors (Lipinski definition) is 4. The fourth-order valence-electron chi connectivity index (χ4n) is 7.16. The molecule has 0 aromatic rings. The zero-order valence-corrected chi connectivity index (χ0v) is 35.0. The molecule has 4 N–H and O–H groups in total. The van der Waals surface area contributed by atoms with E-state index in [0.29, 0.717) is 12.8 Å². The van der Waals surface area contributed by atoms with Crippen molar-refractivity contribution in [2.75, 3.05) is 6.61 Å². The zero-order chi connectivity index (χ0) is 38.0. The summed E-state index contributed by atoms with van der Waals surface area (Å²) in [6.07, 6.45) is 51.5. The Labute approximate surface area is 324 Å². The van der Waals surface area contributed by atoms with Crippen LogP contribution in [-0.4, -0.2) is 46.1 Å². The second kappa shape index (κ2) is 42.6. The van der Waals surface area contributed by atoms with Crippen molar-refractivity contribution in [3.8, 4) is 0 Å². The smallest absolute Gasteiger partial charge is 0.220 e. The number of aliphatic hydroxyl groups excluding tert-OH is 3. The van der Waals surface area contributed by atoms with Crippen LogP contribution in [0.25, 0.3) is 0 Å². The minimum absolute atomic E-state index is 0.156. The van der Waals surface area contributed by atoms with Crippen molar-refractivity contribution in [1.82, 2.24) is 5.32 Å². The summed E-state index contributed by atoms with van der Waals surface area (Å²) < 4.78 is 0. The molecule has 0 aromatic carbocycles. The van der Waals surface area contributed by atoms with Crippen molar-refractivity contribution in [1.29, 1.82) is 0 Å². The summed E-state index contributed by atoms with van der Waals surface area (Å²) in [4.78, 5) is 12.4. The minimum atomic E-state index is -1.16. The summed E-state index contributed by atoms with van der Waals surface area (Å²) in [6, 6.07) is -0.825. The Kier molecular flexibility index (Phi) is 41.6. The van der Waals surface area contributed by atoms with Crippen LogP contribution in [0.3, 0.4) is 0 Å². The lowest BCUT2D eigenvalue weighted by molar-refractivity contribution is -0.124. The van der Waals surface area contributed by atoms with Crippen LogP contribution >= 0.6 is 0 Å². The Morgan fingerprint density at radius 3 is 1.12 bits per heavy atom. The third-order valence-electron chi connectivity index (χ3n) is 10.8. The van der Waals surface area contributed by atoms with Crippen LogP contribution in [0.1, 0.15) is 245 Å². The van der Waals surface area contributed by atoms with Crippen LogP contribution in [0, 0.1) is 0 Å². The van der Waals surface area contributed by atoms with Gasteiger partial charge in [-0.2, -0.15) is 0 Å². The Balaban J connectivity index is 3.61. The molecule has 0 spiro atoms. The largest absolute Gasteiger partial charge is 0.394 e. The molecule has 52 heavy (non-hydrogen) atoms. The number of unbranched alkanes of at least 4 members (excludes halogenated alkanes) is 30. The highest BCUT2D eigenvalue weighted by Crippen LogP contribution is 2.15. The van der Waals surface area contributed by atoms with Gasteiger partial charge < -0.3 is 20.6 Å². The minimum Gasteiger partial charge on any atom is -0.394 e. The van der Waals surface area contributed by atoms with Gasteiger partial charge in [0.15, 0.2) is 0 Å². The van der Waals surface area contributed by atoms with Gasteiger partial charge in [-0.15, -0.1) is 0 Å². The predicted octanol–water partition coefficient (Wildman–Crippen LogP) is 13.4.